The molecule has 1 heterocycles. The maximum atomic E-state index is 5.44. The summed E-state index contributed by atoms with van der Waals surface area (Å²) in [5.74, 6) is 0. The van der Waals surface area contributed by atoms with Crippen molar-refractivity contribution in [2.24, 2.45) is 0 Å². The molecular formula is C11H21N3O2. The minimum absolute atomic E-state index is 0.180. The lowest BCUT2D eigenvalue weighted by Crippen LogP contribution is -2.33. The predicted molar refractivity (Wildman–Crippen MR) is 62.0 cm³/mol. The largest absolute Gasteiger partial charge is 0.352 e. The fraction of sp³-hybridized carbons (Fsp3) is 0.727. The van der Waals surface area contributed by atoms with Gasteiger partial charge in [0.05, 0.1) is 5.69 Å². The molecule has 1 unspecified atom stereocenters. The van der Waals surface area contributed by atoms with Crippen LogP contribution < -0.4 is 5.32 Å². The minimum Gasteiger partial charge on any atom is -0.352 e. The van der Waals surface area contributed by atoms with E-state index in [1.54, 1.807) is 6.20 Å². The molecule has 0 aromatic carbocycles. The Bertz CT molecular complexity index is 258. The molecule has 1 aromatic heterocycles. The van der Waals surface area contributed by atoms with Gasteiger partial charge in [0.2, 0.25) is 0 Å². The van der Waals surface area contributed by atoms with Crippen LogP contribution in [0, 0.1) is 0 Å². The highest BCUT2D eigenvalue weighted by atomic mass is 16.7. The molecule has 1 atom stereocenters. The molecule has 0 spiro atoms. The van der Waals surface area contributed by atoms with Crippen molar-refractivity contribution in [3.8, 4) is 0 Å². The van der Waals surface area contributed by atoms with Crippen molar-refractivity contribution in [3.05, 3.63) is 18.0 Å². The lowest BCUT2D eigenvalue weighted by atomic mass is 10.2. The number of rotatable bonds is 8. The molecule has 0 aliphatic heterocycles. The summed E-state index contributed by atoms with van der Waals surface area (Å²) in [7, 11) is 0. The lowest BCUT2D eigenvalue weighted by Gasteiger charge is -2.20. The van der Waals surface area contributed by atoms with Crippen molar-refractivity contribution in [1.82, 2.24) is 15.5 Å². The van der Waals surface area contributed by atoms with E-state index in [9.17, 15) is 0 Å². The first-order chi connectivity index (χ1) is 7.77. The van der Waals surface area contributed by atoms with Gasteiger partial charge in [0.15, 0.2) is 6.29 Å². The monoisotopic (exact) mass is 227 g/mol. The second kappa shape index (κ2) is 7.38. The van der Waals surface area contributed by atoms with E-state index in [2.05, 4.69) is 22.4 Å². The van der Waals surface area contributed by atoms with Gasteiger partial charge in [-0.2, -0.15) is 5.10 Å². The molecule has 1 rings (SSSR count). The van der Waals surface area contributed by atoms with Gasteiger partial charge >= 0.3 is 0 Å². The molecular weight excluding hydrogens is 206 g/mol. The van der Waals surface area contributed by atoms with Gasteiger partial charge < -0.3 is 14.8 Å². The molecule has 5 nitrogen and oxygen atoms in total. The second-order valence-corrected chi connectivity index (χ2v) is 3.48. The van der Waals surface area contributed by atoms with Crippen LogP contribution in [0.25, 0.3) is 0 Å². The molecule has 16 heavy (non-hydrogen) atoms. The Hall–Kier alpha value is -0.910. The standard InChI is InChI=1S/C11H21N3O2/c1-4-15-11(16-5-2)8-12-9(3)10-6-7-13-14-10/h6-7,9,11-12H,4-5,8H2,1-3H3,(H,13,14). The number of aromatic amines is 1. The molecule has 0 fully saturated rings. The van der Waals surface area contributed by atoms with Gasteiger partial charge in [0.25, 0.3) is 0 Å². The number of nitrogens with zero attached hydrogens (tertiary/aromatic N) is 1. The first kappa shape index (κ1) is 13.2. The third-order valence-corrected chi connectivity index (χ3v) is 2.28. The van der Waals surface area contributed by atoms with Crippen molar-refractivity contribution < 1.29 is 9.47 Å². The Morgan fingerprint density at radius 2 is 2.06 bits per heavy atom. The van der Waals surface area contributed by atoms with Crippen LogP contribution in [0.2, 0.25) is 0 Å². The number of aromatic nitrogens is 2. The van der Waals surface area contributed by atoms with E-state index >= 15 is 0 Å². The number of ether oxygens (including phenoxy) is 2. The zero-order valence-electron chi connectivity index (χ0n) is 10.2. The molecule has 0 aliphatic carbocycles. The molecule has 0 saturated heterocycles. The van der Waals surface area contributed by atoms with Crippen LogP contribution in [0.5, 0.6) is 0 Å². The smallest absolute Gasteiger partial charge is 0.169 e. The molecule has 0 aliphatic rings. The summed E-state index contributed by atoms with van der Waals surface area (Å²) in [6.07, 6.45) is 1.57. The minimum atomic E-state index is -0.180. The van der Waals surface area contributed by atoms with Gasteiger partial charge in [-0.3, -0.25) is 5.10 Å². The molecule has 2 N–H and O–H groups in total. The number of nitrogens with one attached hydrogen (secondary N) is 2. The van der Waals surface area contributed by atoms with Crippen LogP contribution in [-0.2, 0) is 9.47 Å². The zero-order valence-corrected chi connectivity index (χ0v) is 10.2. The Morgan fingerprint density at radius 1 is 1.38 bits per heavy atom. The fourth-order valence-electron chi connectivity index (χ4n) is 1.43. The van der Waals surface area contributed by atoms with Crippen molar-refractivity contribution in [2.75, 3.05) is 19.8 Å². The van der Waals surface area contributed by atoms with Gasteiger partial charge in [-0.1, -0.05) is 0 Å². The van der Waals surface area contributed by atoms with Crippen molar-refractivity contribution >= 4 is 0 Å². The van der Waals surface area contributed by atoms with E-state index in [0.29, 0.717) is 19.8 Å². The maximum Gasteiger partial charge on any atom is 0.169 e. The summed E-state index contributed by atoms with van der Waals surface area (Å²) in [4.78, 5) is 0. The summed E-state index contributed by atoms with van der Waals surface area (Å²) < 4.78 is 10.9. The first-order valence-electron chi connectivity index (χ1n) is 5.73. The summed E-state index contributed by atoms with van der Waals surface area (Å²) >= 11 is 0. The Balaban J connectivity index is 2.30. The first-order valence-corrected chi connectivity index (χ1v) is 5.73. The maximum absolute atomic E-state index is 5.44. The summed E-state index contributed by atoms with van der Waals surface area (Å²) in [5.41, 5.74) is 1.06. The fourth-order valence-corrected chi connectivity index (χ4v) is 1.43. The number of H-pyrrole nitrogens is 1. The quantitative estimate of drug-likeness (QED) is 0.660. The van der Waals surface area contributed by atoms with Crippen LogP contribution in [0.15, 0.2) is 12.3 Å². The molecule has 5 heteroatoms. The highest BCUT2D eigenvalue weighted by molar-refractivity contribution is 5.02. The van der Waals surface area contributed by atoms with E-state index in [-0.39, 0.29) is 12.3 Å². The van der Waals surface area contributed by atoms with Gasteiger partial charge in [-0.05, 0) is 26.8 Å². The van der Waals surface area contributed by atoms with E-state index in [1.807, 2.05) is 19.9 Å². The third kappa shape index (κ3) is 4.30. The average Bonchev–Trinajstić information content (AvgIpc) is 2.79. The zero-order chi connectivity index (χ0) is 11.8. The van der Waals surface area contributed by atoms with Crippen LogP contribution in [0.4, 0.5) is 0 Å². The van der Waals surface area contributed by atoms with E-state index in [0.717, 1.165) is 5.69 Å². The highest BCUT2D eigenvalue weighted by Crippen LogP contribution is 2.07. The van der Waals surface area contributed by atoms with Gasteiger partial charge in [0.1, 0.15) is 0 Å². The summed E-state index contributed by atoms with van der Waals surface area (Å²) in [6.45, 7) is 7.98. The van der Waals surface area contributed by atoms with Gasteiger partial charge in [-0.25, -0.2) is 0 Å². The lowest BCUT2D eigenvalue weighted by molar-refractivity contribution is -0.133. The second-order valence-electron chi connectivity index (χ2n) is 3.48. The van der Waals surface area contributed by atoms with E-state index in [1.165, 1.54) is 0 Å². The van der Waals surface area contributed by atoms with Crippen LogP contribution >= 0.6 is 0 Å². The van der Waals surface area contributed by atoms with Crippen molar-refractivity contribution in [1.29, 1.82) is 0 Å². The van der Waals surface area contributed by atoms with Crippen molar-refractivity contribution in [2.45, 2.75) is 33.1 Å². The summed E-state index contributed by atoms with van der Waals surface area (Å²) in [5, 5.41) is 10.2. The predicted octanol–water partition coefficient (Wildman–Crippen LogP) is 1.46. The number of hydrogen-bond donors (Lipinski definition) is 2. The topological polar surface area (TPSA) is 59.2 Å². The number of hydrogen-bond acceptors (Lipinski definition) is 4. The molecule has 0 saturated carbocycles. The molecule has 0 amide bonds. The average molecular weight is 227 g/mol. The van der Waals surface area contributed by atoms with E-state index in [4.69, 9.17) is 9.47 Å². The van der Waals surface area contributed by atoms with E-state index < -0.39 is 0 Å². The third-order valence-electron chi connectivity index (χ3n) is 2.28. The Labute approximate surface area is 96.5 Å². The molecule has 0 bridgehead atoms. The Kier molecular flexibility index (Phi) is 6.07. The van der Waals surface area contributed by atoms with Crippen molar-refractivity contribution in [3.63, 3.8) is 0 Å². The molecule has 92 valence electrons. The highest BCUT2D eigenvalue weighted by Gasteiger charge is 2.11. The molecule has 1 aromatic rings. The van der Waals surface area contributed by atoms with Gasteiger partial charge in [-0.15, -0.1) is 0 Å². The van der Waals surface area contributed by atoms with Crippen LogP contribution in [0.3, 0.4) is 0 Å². The Morgan fingerprint density at radius 3 is 2.56 bits per heavy atom. The molecule has 0 radical (unpaired) electrons. The van der Waals surface area contributed by atoms with Gasteiger partial charge in [0, 0.05) is 32.0 Å². The normalized spacial score (nSPS) is 13.2. The summed E-state index contributed by atoms with van der Waals surface area (Å²) in [6, 6.07) is 2.17. The SMILES string of the molecule is CCOC(CNC(C)c1ccn[nH]1)OCC. The van der Waals surface area contributed by atoms with Crippen LogP contribution in [0.1, 0.15) is 32.5 Å². The van der Waals surface area contributed by atoms with Crippen LogP contribution in [-0.4, -0.2) is 36.2 Å².